The maximum absolute atomic E-state index is 11.2. The Morgan fingerprint density at radius 2 is 2.00 bits per heavy atom. The number of benzene rings is 1. The molecule has 1 atom stereocenters. The minimum absolute atomic E-state index is 0.0626. The van der Waals surface area contributed by atoms with E-state index in [4.69, 9.17) is 0 Å². The van der Waals surface area contributed by atoms with Gasteiger partial charge in [-0.15, -0.1) is 0 Å². The molecule has 0 saturated carbocycles. The summed E-state index contributed by atoms with van der Waals surface area (Å²) in [4.78, 5) is 11.2. The van der Waals surface area contributed by atoms with E-state index in [-0.39, 0.29) is 6.17 Å². The molecule has 0 bridgehead atoms. The van der Waals surface area contributed by atoms with Crippen LogP contribution in [0.15, 0.2) is 24.3 Å². The zero-order valence-corrected chi connectivity index (χ0v) is 11.3. The summed E-state index contributed by atoms with van der Waals surface area (Å²) in [7, 11) is 0. The van der Waals surface area contributed by atoms with Crippen LogP contribution in [-0.4, -0.2) is 35.2 Å². The van der Waals surface area contributed by atoms with Crippen LogP contribution in [-0.2, 0) is 4.79 Å². The lowest BCUT2D eigenvalue weighted by atomic mass is 10.2. The molecule has 0 radical (unpaired) electrons. The van der Waals surface area contributed by atoms with Gasteiger partial charge in [0.2, 0.25) is 6.41 Å². The first-order valence-electron chi connectivity index (χ1n) is 6.45. The number of carbonyl (C=O) groups excluding carboxylic acids is 1. The molecule has 4 nitrogen and oxygen atoms in total. The average Bonchev–Trinajstić information content (AvgIpc) is 2.75. The third-order valence-electron chi connectivity index (χ3n) is 3.34. The first-order chi connectivity index (χ1) is 8.61. The summed E-state index contributed by atoms with van der Waals surface area (Å²) in [6.45, 7) is 7.19. The summed E-state index contributed by atoms with van der Waals surface area (Å²) in [5.41, 5.74) is 2.30. The van der Waals surface area contributed by atoms with Crippen molar-refractivity contribution in [3.8, 4) is 0 Å². The van der Waals surface area contributed by atoms with Crippen LogP contribution >= 0.6 is 0 Å². The topological polar surface area (TPSA) is 35.6 Å². The monoisotopic (exact) mass is 247 g/mol. The van der Waals surface area contributed by atoms with Crippen molar-refractivity contribution < 1.29 is 4.79 Å². The fraction of sp³-hybridized carbons (Fsp3) is 0.500. The number of anilines is 1. The number of aryl methyl sites for hydroxylation is 1. The van der Waals surface area contributed by atoms with Crippen LogP contribution in [0.5, 0.6) is 0 Å². The van der Waals surface area contributed by atoms with E-state index in [0.717, 1.165) is 25.1 Å². The fourth-order valence-electron chi connectivity index (χ4n) is 2.32. The Bertz CT molecular complexity index is 402. The number of nitrogens with zero attached hydrogens (tertiary/aromatic N) is 2. The summed E-state index contributed by atoms with van der Waals surface area (Å²) in [5, 5.41) is 7.27. The lowest BCUT2D eigenvalue weighted by Crippen LogP contribution is -2.46. The van der Waals surface area contributed by atoms with Crippen molar-refractivity contribution in [3.05, 3.63) is 29.8 Å². The molecule has 1 aliphatic heterocycles. The summed E-state index contributed by atoms with van der Waals surface area (Å²) in [6, 6.07) is 8.60. The van der Waals surface area contributed by atoms with Gasteiger partial charge < -0.3 is 5.32 Å². The molecule has 1 fully saturated rings. The molecule has 1 aliphatic rings. The van der Waals surface area contributed by atoms with Crippen LogP contribution in [0.4, 0.5) is 5.69 Å². The predicted octanol–water partition coefficient (Wildman–Crippen LogP) is 2.22. The van der Waals surface area contributed by atoms with Crippen LogP contribution in [0.1, 0.15) is 25.8 Å². The van der Waals surface area contributed by atoms with E-state index in [1.54, 1.807) is 5.01 Å². The molecule has 2 rings (SSSR count). The van der Waals surface area contributed by atoms with Crippen molar-refractivity contribution in [2.45, 2.75) is 39.4 Å². The van der Waals surface area contributed by atoms with E-state index in [1.165, 1.54) is 5.56 Å². The number of amides is 1. The van der Waals surface area contributed by atoms with Crippen LogP contribution in [0.25, 0.3) is 0 Å². The second kappa shape index (κ2) is 5.40. The van der Waals surface area contributed by atoms with Gasteiger partial charge >= 0.3 is 0 Å². The second-order valence-electron chi connectivity index (χ2n) is 5.06. The molecule has 0 aliphatic carbocycles. The summed E-state index contributed by atoms with van der Waals surface area (Å²) < 4.78 is 0. The first kappa shape index (κ1) is 12.9. The quantitative estimate of drug-likeness (QED) is 0.829. The Balaban J connectivity index is 2.05. The lowest BCUT2D eigenvalue weighted by Gasteiger charge is -2.32. The van der Waals surface area contributed by atoms with Crippen molar-refractivity contribution in [2.75, 3.05) is 11.9 Å². The van der Waals surface area contributed by atoms with Crippen LogP contribution in [0.3, 0.4) is 0 Å². The number of hydrogen-bond donors (Lipinski definition) is 1. The van der Waals surface area contributed by atoms with E-state index in [0.29, 0.717) is 6.04 Å². The highest BCUT2D eigenvalue weighted by atomic mass is 16.2. The highest BCUT2D eigenvalue weighted by Gasteiger charge is 2.31. The van der Waals surface area contributed by atoms with E-state index in [1.807, 2.05) is 0 Å². The summed E-state index contributed by atoms with van der Waals surface area (Å²) >= 11 is 0. The fourth-order valence-corrected chi connectivity index (χ4v) is 2.32. The third-order valence-corrected chi connectivity index (χ3v) is 3.34. The maximum Gasteiger partial charge on any atom is 0.225 e. The van der Waals surface area contributed by atoms with Gasteiger partial charge in [-0.25, -0.2) is 5.01 Å². The number of rotatable bonds is 4. The molecule has 0 spiro atoms. The standard InChI is InChI=1S/C14H21N3O/c1-11(2)16-9-8-14(17(16)10-18)15-13-6-4-12(3)5-7-13/h4-7,10-11,14-15H,8-9H2,1-3H3/t14-/m0/s1. The number of hydrazine groups is 1. The average molecular weight is 247 g/mol. The molecule has 1 heterocycles. The van der Waals surface area contributed by atoms with Gasteiger partial charge in [-0.3, -0.25) is 9.80 Å². The molecule has 1 amide bonds. The number of carbonyl (C=O) groups is 1. The molecule has 0 unspecified atom stereocenters. The molecule has 98 valence electrons. The van der Waals surface area contributed by atoms with Gasteiger partial charge in [-0.05, 0) is 32.9 Å². The number of hydrogen-bond acceptors (Lipinski definition) is 3. The highest BCUT2D eigenvalue weighted by Crippen LogP contribution is 2.21. The zero-order chi connectivity index (χ0) is 13.1. The van der Waals surface area contributed by atoms with Gasteiger partial charge in [0.05, 0.1) is 0 Å². The van der Waals surface area contributed by atoms with E-state index in [9.17, 15) is 4.79 Å². The molecule has 4 heteroatoms. The summed E-state index contributed by atoms with van der Waals surface area (Å²) in [6.07, 6.45) is 1.93. The van der Waals surface area contributed by atoms with Gasteiger partial charge in [0.25, 0.3) is 0 Å². The smallest absolute Gasteiger partial charge is 0.225 e. The van der Waals surface area contributed by atoms with E-state index >= 15 is 0 Å². The molecule has 1 aromatic rings. The lowest BCUT2D eigenvalue weighted by molar-refractivity contribution is -0.134. The van der Waals surface area contributed by atoms with Gasteiger partial charge in [-0.2, -0.15) is 0 Å². The van der Waals surface area contributed by atoms with Crippen molar-refractivity contribution >= 4 is 12.1 Å². The highest BCUT2D eigenvalue weighted by molar-refractivity contribution is 5.51. The molecule has 1 N–H and O–H groups in total. The second-order valence-corrected chi connectivity index (χ2v) is 5.06. The minimum Gasteiger partial charge on any atom is -0.364 e. The Morgan fingerprint density at radius 1 is 1.33 bits per heavy atom. The first-order valence-corrected chi connectivity index (χ1v) is 6.45. The third kappa shape index (κ3) is 2.64. The molecule has 0 aromatic heterocycles. The largest absolute Gasteiger partial charge is 0.364 e. The van der Waals surface area contributed by atoms with Crippen molar-refractivity contribution in [3.63, 3.8) is 0 Å². The summed E-state index contributed by atoms with van der Waals surface area (Å²) in [5.74, 6) is 0. The number of nitrogens with one attached hydrogen (secondary N) is 1. The van der Waals surface area contributed by atoms with Gasteiger partial charge in [0.1, 0.15) is 6.17 Å². The van der Waals surface area contributed by atoms with E-state index in [2.05, 4.69) is 55.4 Å². The predicted molar refractivity (Wildman–Crippen MR) is 73.0 cm³/mol. The van der Waals surface area contributed by atoms with Crippen molar-refractivity contribution in [2.24, 2.45) is 0 Å². The normalized spacial score (nSPS) is 20.4. The van der Waals surface area contributed by atoms with Crippen LogP contribution in [0.2, 0.25) is 0 Å². The molecular formula is C14H21N3O. The van der Waals surface area contributed by atoms with E-state index < -0.39 is 0 Å². The van der Waals surface area contributed by atoms with Crippen LogP contribution < -0.4 is 5.32 Å². The van der Waals surface area contributed by atoms with Crippen LogP contribution in [0, 0.1) is 6.92 Å². The minimum atomic E-state index is 0.0626. The van der Waals surface area contributed by atoms with Crippen molar-refractivity contribution in [1.29, 1.82) is 0 Å². The zero-order valence-electron chi connectivity index (χ0n) is 11.3. The molecule has 18 heavy (non-hydrogen) atoms. The van der Waals surface area contributed by atoms with Gasteiger partial charge in [0.15, 0.2) is 0 Å². The SMILES string of the molecule is Cc1ccc(N[C@@H]2CCN(C(C)C)N2C=O)cc1. The Hall–Kier alpha value is -1.55. The van der Waals surface area contributed by atoms with Gasteiger partial charge in [-0.1, -0.05) is 17.7 Å². The Morgan fingerprint density at radius 3 is 2.56 bits per heavy atom. The maximum atomic E-state index is 11.2. The Labute approximate surface area is 109 Å². The van der Waals surface area contributed by atoms with Crippen molar-refractivity contribution in [1.82, 2.24) is 10.0 Å². The molecule has 1 aromatic carbocycles. The van der Waals surface area contributed by atoms with Gasteiger partial charge in [0, 0.05) is 24.7 Å². The molecule has 1 saturated heterocycles. The Kier molecular flexibility index (Phi) is 3.87. The molecular weight excluding hydrogens is 226 g/mol.